The van der Waals surface area contributed by atoms with Crippen LogP contribution in [0.25, 0.3) is 0 Å². The van der Waals surface area contributed by atoms with Crippen molar-refractivity contribution < 1.29 is 18.3 Å². The average Bonchev–Trinajstić information content (AvgIpc) is 2.95. The number of anilines is 1. The Bertz CT molecular complexity index is 1370. The van der Waals surface area contributed by atoms with Gasteiger partial charge < -0.3 is 9.64 Å². The van der Waals surface area contributed by atoms with Gasteiger partial charge >= 0.3 is 0 Å². The van der Waals surface area contributed by atoms with Gasteiger partial charge in [-0.05, 0) is 90.0 Å². The van der Waals surface area contributed by atoms with Gasteiger partial charge in [0.1, 0.15) is 24.0 Å². The highest BCUT2D eigenvalue weighted by molar-refractivity contribution is 9.08. The number of alkyl halides is 1. The zero-order chi connectivity index (χ0) is 26.5. The zero-order valence-corrected chi connectivity index (χ0v) is 22.4. The summed E-state index contributed by atoms with van der Waals surface area (Å²) in [6, 6.07) is 28.5. The van der Waals surface area contributed by atoms with Crippen molar-refractivity contribution in [2.24, 2.45) is 5.92 Å². The predicted octanol–water partition coefficient (Wildman–Crippen LogP) is 8.17. The second-order valence-corrected chi connectivity index (χ2v) is 10.1. The number of β-lactam (4-membered cyclic amide) rings is 1. The number of benzene rings is 4. The summed E-state index contributed by atoms with van der Waals surface area (Å²) in [5, 5.41) is 0.797. The van der Waals surface area contributed by atoms with Crippen LogP contribution in [0.4, 0.5) is 14.5 Å². The minimum atomic E-state index is -0.336. The van der Waals surface area contributed by atoms with Gasteiger partial charge in [-0.3, -0.25) is 4.79 Å². The van der Waals surface area contributed by atoms with Crippen molar-refractivity contribution >= 4 is 27.5 Å². The quantitative estimate of drug-likeness (QED) is 0.141. The van der Waals surface area contributed by atoms with E-state index in [-0.39, 0.29) is 29.5 Å². The number of aryl methyl sites for hydroxylation is 1. The van der Waals surface area contributed by atoms with E-state index in [0.717, 1.165) is 40.6 Å². The number of hydrogen-bond donors (Lipinski definition) is 0. The molecule has 194 valence electrons. The van der Waals surface area contributed by atoms with Crippen LogP contribution in [0.1, 0.15) is 41.1 Å². The highest BCUT2D eigenvalue weighted by Gasteiger charge is 2.48. The van der Waals surface area contributed by atoms with Crippen molar-refractivity contribution in [1.29, 1.82) is 0 Å². The minimum Gasteiger partial charge on any atom is -0.489 e. The monoisotopic (exact) mass is 575 g/mol. The lowest BCUT2D eigenvalue weighted by Crippen LogP contribution is -2.55. The smallest absolute Gasteiger partial charge is 0.233 e. The molecule has 0 aromatic heterocycles. The number of nitrogens with zero attached hydrogens (tertiary/aromatic N) is 1. The third-order valence-corrected chi connectivity index (χ3v) is 7.63. The number of carbonyl (C=O) groups is 1. The van der Waals surface area contributed by atoms with E-state index in [2.05, 4.69) is 28.1 Å². The maximum absolute atomic E-state index is 13.6. The molecule has 6 heteroatoms. The van der Waals surface area contributed by atoms with Crippen molar-refractivity contribution in [3.05, 3.63) is 131 Å². The third kappa shape index (κ3) is 5.97. The van der Waals surface area contributed by atoms with E-state index in [1.54, 1.807) is 29.2 Å². The van der Waals surface area contributed by atoms with Crippen LogP contribution in [0.2, 0.25) is 0 Å². The van der Waals surface area contributed by atoms with Crippen molar-refractivity contribution in [2.45, 2.75) is 37.2 Å². The van der Waals surface area contributed by atoms with Gasteiger partial charge in [-0.1, -0.05) is 64.5 Å². The summed E-state index contributed by atoms with van der Waals surface area (Å²) >= 11 is 3.48. The molecule has 0 bridgehead atoms. The second kappa shape index (κ2) is 11.9. The highest BCUT2D eigenvalue weighted by Crippen LogP contribution is 2.46. The summed E-state index contributed by atoms with van der Waals surface area (Å²) in [5.41, 5.74) is 5.03. The Morgan fingerprint density at radius 1 is 0.789 bits per heavy atom. The molecule has 5 rings (SSSR count). The Morgan fingerprint density at radius 3 is 2.13 bits per heavy atom. The predicted molar refractivity (Wildman–Crippen MR) is 149 cm³/mol. The van der Waals surface area contributed by atoms with Crippen LogP contribution in [0.15, 0.2) is 97.1 Å². The number of hydrogen-bond acceptors (Lipinski definition) is 2. The maximum Gasteiger partial charge on any atom is 0.233 e. The molecule has 0 spiro atoms. The molecule has 1 aliphatic rings. The molecule has 1 saturated heterocycles. The molecule has 0 radical (unpaired) electrons. The first-order valence-corrected chi connectivity index (χ1v) is 13.8. The molecule has 4 aromatic rings. The summed E-state index contributed by atoms with van der Waals surface area (Å²) in [7, 11) is 0. The Labute approximate surface area is 230 Å². The van der Waals surface area contributed by atoms with Crippen molar-refractivity contribution in [3.8, 4) is 5.75 Å². The summed E-state index contributed by atoms with van der Waals surface area (Å²) in [6.07, 6.45) is 2.29. The molecule has 3 nitrogen and oxygen atoms in total. The van der Waals surface area contributed by atoms with Crippen LogP contribution in [0, 0.1) is 17.6 Å². The van der Waals surface area contributed by atoms with Crippen LogP contribution >= 0.6 is 15.9 Å². The molecular weight excluding hydrogens is 548 g/mol. The number of amides is 1. The highest BCUT2D eigenvalue weighted by atomic mass is 79.9. The number of carbonyl (C=O) groups excluding carboxylic acids is 1. The fourth-order valence-electron chi connectivity index (χ4n) is 5.01. The number of ether oxygens (including phenoxy) is 1. The molecule has 1 amide bonds. The van der Waals surface area contributed by atoms with E-state index in [0.29, 0.717) is 18.7 Å². The largest absolute Gasteiger partial charge is 0.489 e. The van der Waals surface area contributed by atoms with E-state index in [9.17, 15) is 13.6 Å². The van der Waals surface area contributed by atoms with Gasteiger partial charge in [0.05, 0.1) is 12.0 Å². The molecule has 1 heterocycles. The molecule has 4 aromatic carbocycles. The molecular formula is C32H28BrF2NO2. The van der Waals surface area contributed by atoms with Gasteiger partial charge in [0, 0.05) is 11.0 Å². The lowest BCUT2D eigenvalue weighted by molar-refractivity contribution is -0.130. The van der Waals surface area contributed by atoms with E-state index in [1.165, 1.54) is 29.8 Å². The van der Waals surface area contributed by atoms with Crippen molar-refractivity contribution in [1.82, 2.24) is 0 Å². The van der Waals surface area contributed by atoms with E-state index < -0.39 is 0 Å². The number of rotatable bonds is 10. The van der Waals surface area contributed by atoms with E-state index >= 15 is 0 Å². The lowest BCUT2D eigenvalue weighted by atomic mass is 9.78. The van der Waals surface area contributed by atoms with Gasteiger partial charge in [-0.2, -0.15) is 0 Å². The maximum atomic E-state index is 13.6. The fraction of sp³-hybridized carbons (Fsp3) is 0.219. The van der Waals surface area contributed by atoms with Crippen molar-refractivity contribution in [3.63, 3.8) is 0 Å². The number of halogens is 3. The standard InChI is InChI=1S/C32H28BrF2NO2/c33-20-23-4-1-5-24(19-23)21-38-29-17-9-25(10-18-29)31-30(6-2-3-22-7-11-26(34)12-8-22)32(37)36(31)28-15-13-27(35)14-16-28/h1,4-5,7-19,30-31H,2-3,6,20-21H2. The summed E-state index contributed by atoms with van der Waals surface area (Å²) < 4.78 is 32.8. The topological polar surface area (TPSA) is 29.5 Å². The molecule has 0 N–H and O–H groups in total. The molecule has 1 fully saturated rings. The van der Waals surface area contributed by atoms with Gasteiger partial charge in [-0.15, -0.1) is 0 Å². The Kier molecular flexibility index (Phi) is 8.18. The molecule has 2 unspecified atom stereocenters. The van der Waals surface area contributed by atoms with Gasteiger partial charge in [0.15, 0.2) is 0 Å². The van der Waals surface area contributed by atoms with E-state index in [1.807, 2.05) is 36.4 Å². The van der Waals surface area contributed by atoms with Crippen LogP contribution in [-0.4, -0.2) is 5.91 Å². The molecule has 1 aliphatic heterocycles. The van der Waals surface area contributed by atoms with Crippen LogP contribution in [-0.2, 0) is 23.2 Å². The summed E-state index contributed by atoms with van der Waals surface area (Å²) in [4.78, 5) is 15.0. The first-order chi connectivity index (χ1) is 18.5. The summed E-state index contributed by atoms with van der Waals surface area (Å²) in [6.45, 7) is 0.468. The van der Waals surface area contributed by atoms with Crippen LogP contribution in [0.5, 0.6) is 5.75 Å². The molecule has 38 heavy (non-hydrogen) atoms. The second-order valence-electron chi connectivity index (χ2n) is 9.57. The van der Waals surface area contributed by atoms with Crippen LogP contribution in [0.3, 0.4) is 0 Å². The van der Waals surface area contributed by atoms with Gasteiger partial charge in [0.25, 0.3) is 0 Å². The SMILES string of the molecule is O=C1C(CCCc2ccc(F)cc2)C(c2ccc(OCc3cccc(CBr)c3)cc2)N1c1ccc(F)cc1. The lowest BCUT2D eigenvalue weighted by Gasteiger charge is -2.47. The summed E-state index contributed by atoms with van der Waals surface area (Å²) in [5.74, 6) is 0.0203. The Hall–Kier alpha value is -3.51. The normalized spacial score (nSPS) is 16.8. The van der Waals surface area contributed by atoms with Crippen molar-refractivity contribution in [2.75, 3.05) is 4.90 Å². The van der Waals surface area contributed by atoms with Gasteiger partial charge in [0.2, 0.25) is 5.91 Å². The fourth-order valence-corrected chi connectivity index (χ4v) is 5.36. The van der Waals surface area contributed by atoms with Gasteiger partial charge in [-0.25, -0.2) is 8.78 Å². The Balaban J connectivity index is 1.29. The van der Waals surface area contributed by atoms with E-state index in [4.69, 9.17) is 4.74 Å². The molecule has 0 saturated carbocycles. The average molecular weight is 576 g/mol. The minimum absolute atomic E-state index is 0.0349. The molecule has 2 atom stereocenters. The third-order valence-electron chi connectivity index (χ3n) is 6.99. The van der Waals surface area contributed by atoms with Crippen LogP contribution < -0.4 is 9.64 Å². The first kappa shape index (κ1) is 26.1. The zero-order valence-electron chi connectivity index (χ0n) is 20.8. The Morgan fingerprint density at radius 2 is 1.45 bits per heavy atom. The molecule has 0 aliphatic carbocycles. The first-order valence-electron chi connectivity index (χ1n) is 12.7.